The third-order valence-electron chi connectivity index (χ3n) is 3.29. The van der Waals surface area contributed by atoms with Crippen LogP contribution in [0.5, 0.6) is 0 Å². The molecule has 0 aromatic carbocycles. The average Bonchev–Trinajstić information content (AvgIpc) is 2.53. The second-order valence-electron chi connectivity index (χ2n) is 4.64. The largest absolute Gasteiger partial charge is 0.384 e. The summed E-state index contributed by atoms with van der Waals surface area (Å²) < 4.78 is 0. The molecule has 1 rings (SSSR count). The first kappa shape index (κ1) is 14.0. The van der Waals surface area contributed by atoms with Crippen LogP contribution in [0.3, 0.4) is 0 Å². The number of nitrogens with two attached hydrogens (primary N) is 1. The van der Waals surface area contributed by atoms with E-state index in [4.69, 9.17) is 5.73 Å². The highest BCUT2D eigenvalue weighted by Gasteiger charge is 2.17. The van der Waals surface area contributed by atoms with Gasteiger partial charge in [0.15, 0.2) is 0 Å². The molecule has 2 atom stereocenters. The molecule has 1 heterocycles. The van der Waals surface area contributed by atoms with Gasteiger partial charge in [-0.3, -0.25) is 4.99 Å². The minimum atomic E-state index is -0.413. The van der Waals surface area contributed by atoms with Gasteiger partial charge in [0.05, 0.1) is 6.54 Å². The molecule has 0 saturated heterocycles. The molecule has 2 unspecified atom stereocenters. The van der Waals surface area contributed by atoms with Crippen molar-refractivity contribution in [3.63, 3.8) is 0 Å². The third-order valence-corrected chi connectivity index (χ3v) is 3.29. The first-order valence-electron chi connectivity index (χ1n) is 6.59. The van der Waals surface area contributed by atoms with Crippen molar-refractivity contribution in [2.24, 2.45) is 16.6 Å². The van der Waals surface area contributed by atoms with Crippen LogP contribution in [0.2, 0.25) is 0 Å². The smallest absolute Gasteiger partial charge is 0.126 e. The average molecular weight is 239 g/mol. The van der Waals surface area contributed by atoms with E-state index in [1.165, 1.54) is 12.8 Å². The van der Waals surface area contributed by atoms with Crippen LogP contribution in [0.1, 0.15) is 39.5 Å². The van der Waals surface area contributed by atoms with E-state index in [-0.39, 0.29) is 0 Å². The molecule has 0 aliphatic carbocycles. The molecule has 0 aromatic heterocycles. The highest BCUT2D eigenvalue weighted by molar-refractivity contribution is 5.91. The van der Waals surface area contributed by atoms with Crippen LogP contribution < -0.4 is 5.73 Å². The molecular weight excluding hydrogens is 214 g/mol. The maximum atomic E-state index is 10.2. The monoisotopic (exact) mass is 239 g/mol. The Hall–Kier alpha value is -1.03. The Kier molecular flexibility index (Phi) is 6.05. The Balaban J connectivity index is 2.46. The molecule has 3 N–H and O–H groups in total. The SMILES string of the molecule is CCCC(CC)CC(O)N1C=CC(N)=NCC1. The lowest BCUT2D eigenvalue weighted by Gasteiger charge is -2.28. The fourth-order valence-electron chi connectivity index (χ4n) is 2.17. The van der Waals surface area contributed by atoms with Crippen molar-refractivity contribution < 1.29 is 5.11 Å². The second kappa shape index (κ2) is 7.33. The van der Waals surface area contributed by atoms with Crippen LogP contribution in [0.25, 0.3) is 0 Å². The summed E-state index contributed by atoms with van der Waals surface area (Å²) >= 11 is 0. The van der Waals surface area contributed by atoms with E-state index in [2.05, 4.69) is 18.8 Å². The molecule has 1 aliphatic rings. The summed E-state index contributed by atoms with van der Waals surface area (Å²) in [4.78, 5) is 6.08. The number of hydrogen-bond donors (Lipinski definition) is 2. The summed E-state index contributed by atoms with van der Waals surface area (Å²) in [6.45, 7) is 5.77. The summed E-state index contributed by atoms with van der Waals surface area (Å²) in [7, 11) is 0. The predicted molar refractivity (Wildman–Crippen MR) is 71.6 cm³/mol. The van der Waals surface area contributed by atoms with Crippen molar-refractivity contribution in [2.75, 3.05) is 13.1 Å². The Morgan fingerprint density at radius 1 is 1.53 bits per heavy atom. The van der Waals surface area contributed by atoms with Crippen LogP contribution in [-0.2, 0) is 0 Å². The minimum absolute atomic E-state index is 0.413. The van der Waals surface area contributed by atoms with E-state index in [1.54, 1.807) is 6.08 Å². The topological polar surface area (TPSA) is 61.8 Å². The normalized spacial score (nSPS) is 19.7. The number of aliphatic hydroxyl groups is 1. The van der Waals surface area contributed by atoms with Crippen LogP contribution >= 0.6 is 0 Å². The van der Waals surface area contributed by atoms with Crippen molar-refractivity contribution >= 4 is 5.84 Å². The van der Waals surface area contributed by atoms with Gasteiger partial charge >= 0.3 is 0 Å². The molecule has 98 valence electrons. The first-order chi connectivity index (χ1) is 8.17. The van der Waals surface area contributed by atoms with Crippen molar-refractivity contribution in [3.8, 4) is 0 Å². The van der Waals surface area contributed by atoms with E-state index in [9.17, 15) is 5.11 Å². The summed E-state index contributed by atoms with van der Waals surface area (Å²) in [5.41, 5.74) is 5.63. The zero-order chi connectivity index (χ0) is 12.7. The van der Waals surface area contributed by atoms with Crippen LogP contribution in [0.4, 0.5) is 0 Å². The van der Waals surface area contributed by atoms with Gasteiger partial charge in [0.25, 0.3) is 0 Å². The molecule has 0 fully saturated rings. The molecule has 0 amide bonds. The molecule has 4 heteroatoms. The first-order valence-corrected chi connectivity index (χ1v) is 6.59. The lowest BCUT2D eigenvalue weighted by Crippen LogP contribution is -2.33. The Labute approximate surface area is 104 Å². The lowest BCUT2D eigenvalue weighted by atomic mass is 9.96. The molecule has 0 saturated carbocycles. The maximum Gasteiger partial charge on any atom is 0.126 e. The molecule has 1 aliphatic heterocycles. The maximum absolute atomic E-state index is 10.2. The molecule has 4 nitrogen and oxygen atoms in total. The van der Waals surface area contributed by atoms with Crippen molar-refractivity contribution in [1.29, 1.82) is 0 Å². The quantitative estimate of drug-likeness (QED) is 0.741. The number of aliphatic imine (C=N–C) groups is 1. The summed E-state index contributed by atoms with van der Waals surface area (Å²) in [5, 5.41) is 10.2. The van der Waals surface area contributed by atoms with E-state index in [1.807, 2.05) is 11.1 Å². The zero-order valence-corrected chi connectivity index (χ0v) is 11.0. The Bertz CT molecular complexity index is 276. The van der Waals surface area contributed by atoms with Crippen LogP contribution in [0.15, 0.2) is 17.3 Å². The Morgan fingerprint density at radius 3 is 2.94 bits per heavy atom. The van der Waals surface area contributed by atoms with E-state index < -0.39 is 6.23 Å². The summed E-state index contributed by atoms with van der Waals surface area (Å²) in [6.07, 6.45) is 7.52. The van der Waals surface area contributed by atoms with Gasteiger partial charge in [0, 0.05) is 12.7 Å². The number of nitrogens with zero attached hydrogens (tertiary/aromatic N) is 2. The number of hydrogen-bond acceptors (Lipinski definition) is 4. The summed E-state index contributed by atoms with van der Waals surface area (Å²) in [6, 6.07) is 0. The fraction of sp³-hybridized carbons (Fsp3) is 0.769. The van der Waals surface area contributed by atoms with Gasteiger partial charge in [-0.15, -0.1) is 0 Å². The molecule has 0 aromatic rings. The minimum Gasteiger partial charge on any atom is -0.384 e. The van der Waals surface area contributed by atoms with Gasteiger partial charge in [-0.1, -0.05) is 33.1 Å². The van der Waals surface area contributed by atoms with E-state index in [0.717, 1.165) is 19.4 Å². The van der Waals surface area contributed by atoms with Gasteiger partial charge in [-0.05, 0) is 18.4 Å². The lowest BCUT2D eigenvalue weighted by molar-refractivity contribution is 0.0177. The van der Waals surface area contributed by atoms with Gasteiger partial charge in [-0.25, -0.2) is 0 Å². The van der Waals surface area contributed by atoms with Crippen LogP contribution in [0, 0.1) is 5.92 Å². The molecular formula is C13H25N3O. The Morgan fingerprint density at radius 2 is 2.29 bits per heavy atom. The highest BCUT2D eigenvalue weighted by Crippen LogP contribution is 2.19. The molecule has 0 spiro atoms. The van der Waals surface area contributed by atoms with Gasteiger partial charge in [0.2, 0.25) is 0 Å². The molecule has 0 radical (unpaired) electrons. The van der Waals surface area contributed by atoms with Gasteiger partial charge in [-0.2, -0.15) is 0 Å². The third kappa shape index (κ3) is 4.77. The summed E-state index contributed by atoms with van der Waals surface area (Å²) in [5.74, 6) is 1.14. The van der Waals surface area contributed by atoms with Crippen LogP contribution in [-0.4, -0.2) is 35.2 Å². The van der Waals surface area contributed by atoms with Gasteiger partial charge < -0.3 is 15.7 Å². The van der Waals surface area contributed by atoms with E-state index in [0.29, 0.717) is 18.3 Å². The van der Waals surface area contributed by atoms with E-state index >= 15 is 0 Å². The zero-order valence-electron chi connectivity index (χ0n) is 11.0. The number of aliphatic hydroxyl groups excluding tert-OH is 1. The number of rotatable bonds is 6. The van der Waals surface area contributed by atoms with Gasteiger partial charge in [0.1, 0.15) is 12.1 Å². The number of amidine groups is 1. The predicted octanol–water partition coefficient (Wildman–Crippen LogP) is 1.71. The molecule has 0 bridgehead atoms. The van der Waals surface area contributed by atoms with Crippen molar-refractivity contribution in [1.82, 2.24) is 4.90 Å². The second-order valence-corrected chi connectivity index (χ2v) is 4.64. The van der Waals surface area contributed by atoms with Crippen molar-refractivity contribution in [3.05, 3.63) is 12.3 Å². The van der Waals surface area contributed by atoms with Crippen molar-refractivity contribution in [2.45, 2.75) is 45.8 Å². The fourth-order valence-corrected chi connectivity index (χ4v) is 2.17. The molecule has 17 heavy (non-hydrogen) atoms. The highest BCUT2D eigenvalue weighted by atomic mass is 16.3. The standard InChI is InChI=1S/C13H25N3O/c1-3-5-11(4-2)10-13(17)16-8-6-12(14)15-7-9-16/h6,8,11,13,17H,3-5,7,9-10H2,1-2H3,(H2,14,15).